The van der Waals surface area contributed by atoms with Gasteiger partial charge in [0, 0.05) is 23.5 Å². The molecule has 3 aromatic rings. The van der Waals surface area contributed by atoms with Crippen LogP contribution in [-0.4, -0.2) is 23.9 Å². The number of nitrogens with two attached hydrogens (primary N) is 1. The van der Waals surface area contributed by atoms with Crippen molar-refractivity contribution in [3.8, 4) is 5.75 Å². The van der Waals surface area contributed by atoms with E-state index in [2.05, 4.69) is 26.0 Å². The number of carboxylic acid groups (broad SMARTS) is 1. The number of ether oxygens (including phenoxy) is 1. The number of hydrogen-bond acceptors (Lipinski definition) is 4. The van der Waals surface area contributed by atoms with Crippen molar-refractivity contribution in [3.05, 3.63) is 101 Å². The van der Waals surface area contributed by atoms with Crippen LogP contribution in [0.5, 0.6) is 5.75 Å². The van der Waals surface area contributed by atoms with Gasteiger partial charge in [-0.3, -0.25) is 0 Å². The SMILES string of the molecule is CCCCOc1cccc(/C(CC)=C(\c2ccc(/C=C/C(=O)O)cc2)c2ccc(N)c(C=N)c2)c1. The topological polar surface area (TPSA) is 96.4 Å². The maximum atomic E-state index is 10.9. The Bertz CT molecular complexity index is 1240. The summed E-state index contributed by atoms with van der Waals surface area (Å²) < 4.78 is 5.96. The first kappa shape index (κ1) is 25.5. The standard InChI is InChI=1S/C30H32N2O3/c1-3-5-17-35-26-8-6-7-23(19-26)27(4-2)30(24-14-15-28(32)25(18-24)20-31)22-12-9-21(10-13-22)11-16-29(33)34/h6-16,18-20,31H,3-5,17,32H2,1-2H3,(H,33,34)/b16-11+,30-27+,31-20?. The van der Waals surface area contributed by atoms with Crippen molar-refractivity contribution < 1.29 is 14.6 Å². The van der Waals surface area contributed by atoms with Gasteiger partial charge in [0.1, 0.15) is 5.75 Å². The third kappa shape index (κ3) is 6.70. The number of benzene rings is 3. The molecule has 180 valence electrons. The van der Waals surface area contributed by atoms with E-state index in [1.54, 1.807) is 6.08 Å². The van der Waals surface area contributed by atoms with Crippen molar-refractivity contribution >= 4 is 35.1 Å². The molecule has 35 heavy (non-hydrogen) atoms. The minimum atomic E-state index is -0.981. The van der Waals surface area contributed by atoms with Crippen molar-refractivity contribution in [2.75, 3.05) is 12.3 Å². The number of nitrogen functional groups attached to an aromatic ring is 1. The Labute approximate surface area is 207 Å². The summed E-state index contributed by atoms with van der Waals surface area (Å²) in [6.07, 6.45) is 6.83. The summed E-state index contributed by atoms with van der Waals surface area (Å²) in [7, 11) is 0. The Hall–Kier alpha value is -4.12. The summed E-state index contributed by atoms with van der Waals surface area (Å²) >= 11 is 0. The molecule has 0 saturated carbocycles. The highest BCUT2D eigenvalue weighted by Crippen LogP contribution is 2.36. The van der Waals surface area contributed by atoms with E-state index >= 15 is 0 Å². The van der Waals surface area contributed by atoms with E-state index in [0.29, 0.717) is 17.9 Å². The van der Waals surface area contributed by atoms with E-state index in [4.69, 9.17) is 21.0 Å². The van der Waals surface area contributed by atoms with Gasteiger partial charge in [-0.05, 0) is 76.6 Å². The average molecular weight is 469 g/mol. The molecule has 3 rings (SSSR count). The first-order valence-electron chi connectivity index (χ1n) is 11.8. The number of anilines is 1. The molecule has 0 amide bonds. The van der Waals surface area contributed by atoms with E-state index in [1.165, 1.54) is 6.21 Å². The lowest BCUT2D eigenvalue weighted by Gasteiger charge is -2.18. The summed E-state index contributed by atoms with van der Waals surface area (Å²) in [5.41, 5.74) is 13.3. The Morgan fingerprint density at radius 3 is 2.40 bits per heavy atom. The largest absolute Gasteiger partial charge is 0.494 e. The fourth-order valence-corrected chi connectivity index (χ4v) is 3.93. The number of carboxylic acids is 1. The molecule has 0 radical (unpaired) electrons. The second kappa shape index (κ2) is 12.4. The van der Waals surface area contributed by atoms with Crippen molar-refractivity contribution in [1.82, 2.24) is 0 Å². The second-order valence-corrected chi connectivity index (χ2v) is 8.22. The Balaban J connectivity index is 2.17. The van der Waals surface area contributed by atoms with E-state index in [1.807, 2.05) is 54.6 Å². The molecule has 0 fully saturated rings. The zero-order valence-electron chi connectivity index (χ0n) is 20.3. The molecular formula is C30H32N2O3. The molecular weight excluding hydrogens is 436 g/mol. The monoisotopic (exact) mass is 468 g/mol. The predicted octanol–water partition coefficient (Wildman–Crippen LogP) is 6.91. The molecule has 0 spiro atoms. The Morgan fingerprint density at radius 1 is 1.00 bits per heavy atom. The van der Waals surface area contributed by atoms with Crippen LogP contribution in [-0.2, 0) is 4.79 Å². The van der Waals surface area contributed by atoms with Crippen LogP contribution in [0, 0.1) is 5.41 Å². The highest BCUT2D eigenvalue weighted by molar-refractivity contribution is 6.00. The van der Waals surface area contributed by atoms with Gasteiger partial charge in [0.15, 0.2) is 0 Å². The van der Waals surface area contributed by atoms with Crippen molar-refractivity contribution in [1.29, 1.82) is 5.41 Å². The van der Waals surface area contributed by atoms with E-state index < -0.39 is 5.97 Å². The summed E-state index contributed by atoms with van der Waals surface area (Å²) in [5.74, 6) is -0.141. The smallest absolute Gasteiger partial charge is 0.328 e. The highest BCUT2D eigenvalue weighted by Gasteiger charge is 2.15. The van der Waals surface area contributed by atoms with Gasteiger partial charge in [0.2, 0.25) is 0 Å². The number of unbranched alkanes of at least 4 members (excludes halogenated alkanes) is 1. The lowest BCUT2D eigenvalue weighted by molar-refractivity contribution is -0.131. The molecule has 0 heterocycles. The zero-order valence-corrected chi connectivity index (χ0v) is 20.3. The van der Waals surface area contributed by atoms with Gasteiger partial charge in [0.05, 0.1) is 6.61 Å². The predicted molar refractivity (Wildman–Crippen MR) is 145 cm³/mol. The summed E-state index contributed by atoms with van der Waals surface area (Å²) in [6.45, 7) is 4.95. The van der Waals surface area contributed by atoms with E-state index in [-0.39, 0.29) is 0 Å². The van der Waals surface area contributed by atoms with E-state index in [9.17, 15) is 4.79 Å². The van der Waals surface area contributed by atoms with Gasteiger partial charge >= 0.3 is 5.97 Å². The third-order valence-electron chi connectivity index (χ3n) is 5.75. The zero-order chi connectivity index (χ0) is 25.2. The van der Waals surface area contributed by atoms with Crippen LogP contribution < -0.4 is 10.5 Å². The molecule has 0 atom stereocenters. The minimum absolute atomic E-state index is 0.557. The molecule has 5 nitrogen and oxygen atoms in total. The molecule has 0 aliphatic carbocycles. The van der Waals surface area contributed by atoms with Crippen LogP contribution in [0.4, 0.5) is 5.69 Å². The van der Waals surface area contributed by atoms with Gasteiger partial charge in [0.25, 0.3) is 0 Å². The number of allylic oxidation sites excluding steroid dienone is 1. The second-order valence-electron chi connectivity index (χ2n) is 8.22. The molecule has 5 heteroatoms. The molecule has 0 unspecified atom stereocenters. The van der Waals surface area contributed by atoms with Crippen molar-refractivity contribution in [2.45, 2.75) is 33.1 Å². The maximum Gasteiger partial charge on any atom is 0.328 e. The maximum absolute atomic E-state index is 10.9. The number of aliphatic carboxylic acids is 1. The van der Waals surface area contributed by atoms with Gasteiger partial charge in [-0.1, -0.05) is 62.7 Å². The Kier molecular flexibility index (Phi) is 9.02. The van der Waals surface area contributed by atoms with E-state index in [0.717, 1.165) is 64.5 Å². The Morgan fingerprint density at radius 2 is 1.74 bits per heavy atom. The summed E-state index contributed by atoms with van der Waals surface area (Å²) in [6, 6.07) is 21.7. The molecule has 0 aliphatic heterocycles. The number of rotatable bonds is 11. The molecule has 4 N–H and O–H groups in total. The quantitative estimate of drug-likeness (QED) is 0.0936. The molecule has 0 aliphatic rings. The first-order chi connectivity index (χ1) is 17.0. The molecule has 0 saturated heterocycles. The summed E-state index contributed by atoms with van der Waals surface area (Å²) in [4.78, 5) is 10.9. The van der Waals surface area contributed by atoms with Crippen LogP contribution in [0.3, 0.4) is 0 Å². The lowest BCUT2D eigenvalue weighted by atomic mass is 9.87. The van der Waals surface area contributed by atoms with Crippen LogP contribution in [0.25, 0.3) is 17.2 Å². The fourth-order valence-electron chi connectivity index (χ4n) is 3.93. The van der Waals surface area contributed by atoms with Gasteiger partial charge in [-0.25, -0.2) is 4.79 Å². The van der Waals surface area contributed by atoms with Gasteiger partial charge in [-0.15, -0.1) is 0 Å². The van der Waals surface area contributed by atoms with Crippen LogP contribution in [0.2, 0.25) is 0 Å². The first-order valence-corrected chi connectivity index (χ1v) is 11.8. The molecule has 3 aromatic carbocycles. The van der Waals surface area contributed by atoms with Crippen molar-refractivity contribution in [2.24, 2.45) is 0 Å². The normalized spacial score (nSPS) is 11.8. The van der Waals surface area contributed by atoms with Crippen LogP contribution >= 0.6 is 0 Å². The third-order valence-corrected chi connectivity index (χ3v) is 5.75. The van der Waals surface area contributed by atoms with Crippen LogP contribution in [0.15, 0.2) is 72.8 Å². The highest BCUT2D eigenvalue weighted by atomic mass is 16.5. The molecule has 0 bridgehead atoms. The number of hydrogen-bond donors (Lipinski definition) is 3. The average Bonchev–Trinajstić information content (AvgIpc) is 2.87. The fraction of sp³-hybridized carbons (Fsp3) is 0.200. The molecule has 0 aromatic heterocycles. The van der Waals surface area contributed by atoms with Crippen molar-refractivity contribution in [3.63, 3.8) is 0 Å². The summed E-state index contributed by atoms with van der Waals surface area (Å²) in [5, 5.41) is 16.7. The van der Waals surface area contributed by atoms with Gasteiger partial charge < -0.3 is 21.0 Å². The lowest BCUT2D eigenvalue weighted by Crippen LogP contribution is -2.00. The number of carbonyl (C=O) groups is 1. The van der Waals surface area contributed by atoms with Crippen LogP contribution in [0.1, 0.15) is 60.9 Å². The van der Waals surface area contributed by atoms with Gasteiger partial charge in [-0.2, -0.15) is 0 Å². The number of nitrogens with one attached hydrogen (secondary N) is 1. The minimum Gasteiger partial charge on any atom is -0.494 e.